The van der Waals surface area contributed by atoms with E-state index in [-0.39, 0.29) is 0 Å². The van der Waals surface area contributed by atoms with Crippen LogP contribution in [0.5, 0.6) is 0 Å². The Bertz CT molecular complexity index is 271. The third-order valence-electron chi connectivity index (χ3n) is 5.48. The van der Waals surface area contributed by atoms with Crippen LogP contribution in [0, 0.1) is 5.92 Å². The normalized spacial score (nSPS) is 24.4. The predicted octanol–water partition coefficient (Wildman–Crippen LogP) is 5.01. The fourth-order valence-electron chi connectivity index (χ4n) is 4.00. The first-order valence-corrected chi connectivity index (χ1v) is 9.62. The maximum Gasteiger partial charge on any atom is 0.149 e. The first-order chi connectivity index (χ1) is 10.4. The number of nitrogens with one attached hydrogen (secondary N) is 1. The summed E-state index contributed by atoms with van der Waals surface area (Å²) in [7, 11) is 0. The number of rotatable bonds is 4. The van der Waals surface area contributed by atoms with Gasteiger partial charge < -0.3 is 5.32 Å². The molecule has 0 bridgehead atoms. The molecule has 2 aliphatic rings. The van der Waals surface area contributed by atoms with Crippen LogP contribution in [0.4, 0.5) is 0 Å². The van der Waals surface area contributed by atoms with Gasteiger partial charge in [-0.1, -0.05) is 70.6 Å². The second-order valence-corrected chi connectivity index (χ2v) is 7.28. The van der Waals surface area contributed by atoms with Crippen molar-refractivity contribution in [2.45, 2.75) is 102 Å². The maximum absolute atomic E-state index is 12.5. The zero-order chi connectivity index (χ0) is 14.8. The molecule has 0 heterocycles. The molecule has 0 aliphatic heterocycles. The molecule has 0 aromatic rings. The van der Waals surface area contributed by atoms with Crippen molar-refractivity contribution in [2.24, 2.45) is 5.92 Å². The van der Waals surface area contributed by atoms with E-state index < -0.39 is 0 Å². The van der Waals surface area contributed by atoms with Crippen LogP contribution in [0.15, 0.2) is 0 Å². The van der Waals surface area contributed by atoms with Crippen LogP contribution in [-0.2, 0) is 4.79 Å². The van der Waals surface area contributed by atoms with Gasteiger partial charge in [0.1, 0.15) is 5.78 Å². The van der Waals surface area contributed by atoms with Crippen molar-refractivity contribution < 1.29 is 4.79 Å². The first-order valence-electron chi connectivity index (χ1n) is 9.62. The lowest BCUT2D eigenvalue weighted by Gasteiger charge is -2.22. The van der Waals surface area contributed by atoms with Crippen LogP contribution >= 0.6 is 0 Å². The molecule has 2 saturated carbocycles. The lowest BCUT2D eigenvalue weighted by Crippen LogP contribution is -2.36. The molecule has 21 heavy (non-hydrogen) atoms. The SMILES string of the molecule is O=C(CNC1CCCCCCC1)C1CCCCCCCC1. The molecule has 0 spiro atoms. The number of hydrogen-bond acceptors (Lipinski definition) is 2. The highest BCUT2D eigenvalue weighted by molar-refractivity contribution is 5.82. The van der Waals surface area contributed by atoms with Gasteiger partial charge >= 0.3 is 0 Å². The van der Waals surface area contributed by atoms with E-state index in [1.165, 1.54) is 83.5 Å². The Morgan fingerprint density at radius 3 is 1.62 bits per heavy atom. The van der Waals surface area contributed by atoms with Crippen molar-refractivity contribution in [1.82, 2.24) is 5.32 Å². The Hall–Kier alpha value is -0.370. The summed E-state index contributed by atoms with van der Waals surface area (Å²) in [5, 5.41) is 3.59. The quantitative estimate of drug-likeness (QED) is 0.789. The highest BCUT2D eigenvalue weighted by Gasteiger charge is 2.20. The monoisotopic (exact) mass is 293 g/mol. The second kappa shape index (κ2) is 10.4. The maximum atomic E-state index is 12.5. The summed E-state index contributed by atoms with van der Waals surface area (Å²) >= 11 is 0. The van der Waals surface area contributed by atoms with Crippen molar-refractivity contribution >= 4 is 5.78 Å². The fraction of sp³-hybridized carbons (Fsp3) is 0.947. The van der Waals surface area contributed by atoms with E-state index >= 15 is 0 Å². The number of Topliss-reactive ketones (excluding diaryl/α,β-unsaturated/α-hetero) is 1. The van der Waals surface area contributed by atoms with E-state index in [1.807, 2.05) is 0 Å². The zero-order valence-corrected chi connectivity index (χ0v) is 13.9. The van der Waals surface area contributed by atoms with Crippen molar-refractivity contribution in [3.05, 3.63) is 0 Å². The summed E-state index contributed by atoms with van der Waals surface area (Å²) in [6.07, 6.45) is 19.6. The van der Waals surface area contributed by atoms with Gasteiger partial charge in [-0.25, -0.2) is 0 Å². The number of ketones is 1. The molecule has 0 radical (unpaired) electrons. The number of carbonyl (C=O) groups excluding carboxylic acids is 1. The fourth-order valence-corrected chi connectivity index (χ4v) is 4.00. The van der Waals surface area contributed by atoms with Gasteiger partial charge in [0.25, 0.3) is 0 Å². The predicted molar refractivity (Wildman–Crippen MR) is 89.5 cm³/mol. The lowest BCUT2D eigenvalue weighted by molar-refractivity contribution is -0.122. The van der Waals surface area contributed by atoms with Gasteiger partial charge in [-0.2, -0.15) is 0 Å². The van der Waals surface area contributed by atoms with Crippen molar-refractivity contribution in [1.29, 1.82) is 0 Å². The molecule has 0 aromatic heterocycles. The van der Waals surface area contributed by atoms with Crippen LogP contribution in [0.2, 0.25) is 0 Å². The molecule has 2 fully saturated rings. The average Bonchev–Trinajstić information content (AvgIpc) is 2.59. The average molecular weight is 293 g/mol. The van der Waals surface area contributed by atoms with E-state index in [0.29, 0.717) is 24.3 Å². The highest BCUT2D eigenvalue weighted by atomic mass is 16.1. The summed E-state index contributed by atoms with van der Waals surface area (Å²) in [6.45, 7) is 0.634. The summed E-state index contributed by atoms with van der Waals surface area (Å²) in [4.78, 5) is 12.5. The van der Waals surface area contributed by atoms with Gasteiger partial charge in [0.2, 0.25) is 0 Å². The van der Waals surface area contributed by atoms with Crippen LogP contribution < -0.4 is 5.32 Å². The molecule has 0 saturated heterocycles. The summed E-state index contributed by atoms with van der Waals surface area (Å²) in [5.41, 5.74) is 0. The smallest absolute Gasteiger partial charge is 0.149 e. The topological polar surface area (TPSA) is 29.1 Å². The van der Waals surface area contributed by atoms with Gasteiger partial charge in [-0.3, -0.25) is 4.79 Å². The van der Waals surface area contributed by atoms with Crippen molar-refractivity contribution in [2.75, 3.05) is 6.54 Å². The van der Waals surface area contributed by atoms with Crippen LogP contribution in [0.3, 0.4) is 0 Å². The molecule has 0 amide bonds. The molecule has 2 rings (SSSR count). The van der Waals surface area contributed by atoms with Gasteiger partial charge in [-0.05, 0) is 25.7 Å². The largest absolute Gasteiger partial charge is 0.307 e. The molecule has 2 aliphatic carbocycles. The Balaban J connectivity index is 1.70. The van der Waals surface area contributed by atoms with Crippen molar-refractivity contribution in [3.63, 3.8) is 0 Å². The first kappa shape index (κ1) is 17.0. The number of hydrogen-bond donors (Lipinski definition) is 1. The van der Waals surface area contributed by atoms with Crippen LogP contribution in [0.1, 0.15) is 96.3 Å². The lowest BCUT2D eigenvalue weighted by atomic mass is 9.92. The zero-order valence-electron chi connectivity index (χ0n) is 13.9. The molecular weight excluding hydrogens is 258 g/mol. The van der Waals surface area contributed by atoms with Crippen LogP contribution in [0.25, 0.3) is 0 Å². The highest BCUT2D eigenvalue weighted by Crippen LogP contribution is 2.23. The van der Waals surface area contributed by atoms with E-state index in [1.54, 1.807) is 0 Å². The van der Waals surface area contributed by atoms with Gasteiger partial charge in [-0.15, -0.1) is 0 Å². The molecule has 0 aromatic carbocycles. The van der Waals surface area contributed by atoms with E-state index in [0.717, 1.165) is 12.8 Å². The van der Waals surface area contributed by atoms with Gasteiger partial charge in [0, 0.05) is 12.0 Å². The van der Waals surface area contributed by atoms with Gasteiger partial charge in [0.05, 0.1) is 6.54 Å². The Morgan fingerprint density at radius 1 is 0.667 bits per heavy atom. The molecule has 0 atom stereocenters. The van der Waals surface area contributed by atoms with E-state index in [4.69, 9.17) is 0 Å². The molecule has 1 N–H and O–H groups in total. The minimum absolute atomic E-state index is 0.351. The summed E-state index contributed by atoms with van der Waals surface area (Å²) in [5.74, 6) is 0.850. The Kier molecular flexibility index (Phi) is 8.39. The summed E-state index contributed by atoms with van der Waals surface area (Å²) in [6, 6.07) is 0.602. The molecule has 2 nitrogen and oxygen atoms in total. The summed E-state index contributed by atoms with van der Waals surface area (Å²) < 4.78 is 0. The van der Waals surface area contributed by atoms with Crippen molar-refractivity contribution in [3.8, 4) is 0 Å². The number of carbonyl (C=O) groups is 1. The third kappa shape index (κ3) is 6.95. The third-order valence-corrected chi connectivity index (χ3v) is 5.48. The molecular formula is C19H35NO. The molecule has 0 unspecified atom stereocenters. The van der Waals surface area contributed by atoms with E-state index in [9.17, 15) is 4.79 Å². The Labute approximate surface area is 131 Å². The van der Waals surface area contributed by atoms with Crippen LogP contribution in [-0.4, -0.2) is 18.4 Å². The minimum Gasteiger partial charge on any atom is -0.307 e. The van der Waals surface area contributed by atoms with Gasteiger partial charge in [0.15, 0.2) is 0 Å². The minimum atomic E-state index is 0.351. The molecule has 122 valence electrons. The molecule has 2 heteroatoms. The Morgan fingerprint density at radius 2 is 1.10 bits per heavy atom. The van der Waals surface area contributed by atoms with E-state index in [2.05, 4.69) is 5.32 Å². The second-order valence-electron chi connectivity index (χ2n) is 7.28. The standard InChI is InChI=1S/C19H35NO/c21-19(17-12-8-4-1-2-5-9-13-17)16-20-18-14-10-6-3-7-11-15-18/h17-18,20H,1-16H2.